The molecule has 0 radical (unpaired) electrons. The Hall–Kier alpha value is -2.54. The molecule has 0 aliphatic carbocycles. The molecule has 0 bridgehead atoms. The summed E-state index contributed by atoms with van der Waals surface area (Å²) >= 11 is 0. The van der Waals surface area contributed by atoms with Gasteiger partial charge in [0.05, 0.1) is 6.42 Å². The van der Waals surface area contributed by atoms with Crippen LogP contribution in [0.15, 0.2) is 29.1 Å². The van der Waals surface area contributed by atoms with Crippen LogP contribution in [0.5, 0.6) is 0 Å². The van der Waals surface area contributed by atoms with Crippen LogP contribution < -0.4 is 11.2 Å². The maximum atomic E-state index is 11.8. The van der Waals surface area contributed by atoms with Crippen LogP contribution in [0.25, 0.3) is 10.9 Å². The van der Waals surface area contributed by atoms with Crippen LogP contribution in [0.1, 0.15) is 17.7 Å². The van der Waals surface area contributed by atoms with Crippen molar-refractivity contribution in [2.75, 3.05) is 0 Å². The summed E-state index contributed by atoms with van der Waals surface area (Å²) in [6.07, 6.45) is 0.0162. The van der Waals surface area contributed by atoms with Crippen LogP contribution in [-0.4, -0.2) is 10.9 Å². The van der Waals surface area contributed by atoms with Crippen molar-refractivity contribution in [3.05, 3.63) is 45.7 Å². The highest BCUT2D eigenvalue weighted by Gasteiger charge is 2.00. The Bertz CT molecular complexity index is 733. The van der Waals surface area contributed by atoms with Gasteiger partial charge in [0.2, 0.25) is 5.91 Å². The molecule has 0 saturated heterocycles. The Balaban J connectivity index is 2.47. The fraction of sp³-hybridized carbons (Fsp3) is 0.143. The topological polar surface area (TPSA) is 76.0 Å². The molecule has 4 nitrogen and oxygen atoms in total. The minimum Gasteiger partial charge on any atom is -0.369 e. The molecule has 3 N–H and O–H groups in total. The van der Waals surface area contributed by atoms with Crippen molar-refractivity contribution in [2.45, 2.75) is 13.3 Å². The number of rotatable bonds is 1. The number of aromatic amines is 1. The van der Waals surface area contributed by atoms with E-state index in [-0.39, 0.29) is 11.8 Å². The first-order valence-electron chi connectivity index (χ1n) is 5.47. The molecular weight excluding hydrogens is 228 g/mol. The predicted octanol–water partition coefficient (Wildman–Crippen LogP) is 1.06. The van der Waals surface area contributed by atoms with Gasteiger partial charge in [0.15, 0.2) is 5.43 Å². The van der Waals surface area contributed by atoms with Crippen molar-refractivity contribution in [1.29, 1.82) is 0 Å². The highest BCUT2D eigenvalue weighted by atomic mass is 16.1. The molecule has 2 rings (SSSR count). The molecule has 1 heterocycles. The van der Waals surface area contributed by atoms with Gasteiger partial charge in [-0.25, -0.2) is 0 Å². The molecule has 0 spiro atoms. The average Bonchev–Trinajstić information content (AvgIpc) is 2.29. The van der Waals surface area contributed by atoms with Gasteiger partial charge < -0.3 is 10.7 Å². The molecule has 4 heteroatoms. The second kappa shape index (κ2) is 4.76. The van der Waals surface area contributed by atoms with Gasteiger partial charge in [-0.1, -0.05) is 11.8 Å². The number of benzene rings is 1. The number of carbonyl (C=O) groups is 1. The van der Waals surface area contributed by atoms with Crippen LogP contribution >= 0.6 is 0 Å². The minimum absolute atomic E-state index is 0.0162. The molecule has 18 heavy (non-hydrogen) atoms. The molecule has 1 aromatic heterocycles. The maximum absolute atomic E-state index is 11.8. The molecule has 2 aromatic rings. The third-order valence-corrected chi connectivity index (χ3v) is 2.46. The number of nitrogens with one attached hydrogen (secondary N) is 1. The van der Waals surface area contributed by atoms with E-state index in [9.17, 15) is 9.59 Å². The maximum Gasteiger partial charge on any atom is 0.229 e. The number of aryl methyl sites for hydroxylation is 1. The van der Waals surface area contributed by atoms with E-state index < -0.39 is 5.91 Å². The zero-order valence-electron chi connectivity index (χ0n) is 9.91. The summed E-state index contributed by atoms with van der Waals surface area (Å²) < 4.78 is 0. The lowest BCUT2D eigenvalue weighted by molar-refractivity contribution is -0.117. The Morgan fingerprint density at radius 2 is 2.17 bits per heavy atom. The lowest BCUT2D eigenvalue weighted by atomic mass is 10.1. The normalized spacial score (nSPS) is 9.83. The van der Waals surface area contributed by atoms with Gasteiger partial charge in [-0.2, -0.15) is 0 Å². The third-order valence-electron chi connectivity index (χ3n) is 2.46. The fourth-order valence-corrected chi connectivity index (χ4v) is 1.69. The largest absolute Gasteiger partial charge is 0.369 e. The number of primary amides is 1. The molecule has 0 saturated carbocycles. The predicted molar refractivity (Wildman–Crippen MR) is 70.0 cm³/mol. The first-order chi connectivity index (χ1) is 8.56. The van der Waals surface area contributed by atoms with Crippen molar-refractivity contribution in [1.82, 2.24) is 4.98 Å². The first-order valence-corrected chi connectivity index (χ1v) is 5.47. The summed E-state index contributed by atoms with van der Waals surface area (Å²) in [6.45, 7) is 1.83. The van der Waals surface area contributed by atoms with Gasteiger partial charge in [0, 0.05) is 28.2 Å². The van der Waals surface area contributed by atoms with Crippen LogP contribution in [-0.2, 0) is 4.79 Å². The summed E-state index contributed by atoms with van der Waals surface area (Å²) in [5.74, 6) is 5.00. The zero-order valence-corrected chi connectivity index (χ0v) is 9.91. The molecule has 1 amide bonds. The number of aromatic nitrogens is 1. The fourth-order valence-electron chi connectivity index (χ4n) is 1.69. The highest BCUT2D eigenvalue weighted by Crippen LogP contribution is 2.10. The molecular formula is C14H12N2O2. The highest BCUT2D eigenvalue weighted by molar-refractivity contribution is 5.80. The quantitative estimate of drug-likeness (QED) is 0.731. The molecule has 0 atom stereocenters. The first kappa shape index (κ1) is 11.9. The Labute approximate surface area is 104 Å². The van der Waals surface area contributed by atoms with Crippen molar-refractivity contribution in [3.63, 3.8) is 0 Å². The van der Waals surface area contributed by atoms with Gasteiger partial charge in [0.1, 0.15) is 0 Å². The van der Waals surface area contributed by atoms with E-state index in [2.05, 4.69) is 16.8 Å². The van der Waals surface area contributed by atoms with Gasteiger partial charge in [-0.05, 0) is 25.1 Å². The van der Waals surface area contributed by atoms with E-state index >= 15 is 0 Å². The number of nitrogens with two attached hydrogens (primary N) is 1. The minimum atomic E-state index is -0.461. The average molecular weight is 240 g/mol. The van der Waals surface area contributed by atoms with E-state index in [1.807, 2.05) is 6.92 Å². The number of H-pyrrole nitrogens is 1. The molecule has 0 aliphatic heterocycles. The molecule has 90 valence electrons. The third kappa shape index (κ3) is 2.58. The second-order valence-corrected chi connectivity index (χ2v) is 4.02. The number of pyridine rings is 1. The summed E-state index contributed by atoms with van der Waals surface area (Å²) in [5, 5.41) is 0.589. The van der Waals surface area contributed by atoms with Crippen LogP contribution in [0.2, 0.25) is 0 Å². The SMILES string of the molecule is Cc1cc(=O)c2cc(C#CCC(N)=O)ccc2[nH]1. The number of hydrogen-bond donors (Lipinski definition) is 2. The van der Waals surface area contributed by atoms with E-state index in [1.165, 1.54) is 0 Å². The van der Waals surface area contributed by atoms with Gasteiger partial charge in [-0.15, -0.1) is 0 Å². The number of amides is 1. The van der Waals surface area contributed by atoms with Crippen LogP contribution in [0.3, 0.4) is 0 Å². The lowest BCUT2D eigenvalue weighted by Gasteiger charge is -2.00. The van der Waals surface area contributed by atoms with Crippen molar-refractivity contribution in [3.8, 4) is 11.8 Å². The Morgan fingerprint density at radius 1 is 1.39 bits per heavy atom. The Kier molecular flexibility index (Phi) is 3.16. The van der Waals surface area contributed by atoms with E-state index in [1.54, 1.807) is 24.3 Å². The summed E-state index contributed by atoms with van der Waals surface area (Å²) in [6, 6.07) is 6.86. The van der Waals surface area contributed by atoms with Gasteiger partial charge in [-0.3, -0.25) is 9.59 Å². The van der Waals surface area contributed by atoms with Gasteiger partial charge >= 0.3 is 0 Å². The number of carbonyl (C=O) groups excluding carboxylic acids is 1. The van der Waals surface area contributed by atoms with Crippen LogP contribution in [0.4, 0.5) is 0 Å². The monoisotopic (exact) mass is 240 g/mol. The van der Waals surface area contributed by atoms with Crippen LogP contribution in [0, 0.1) is 18.8 Å². The van der Waals surface area contributed by atoms with Crippen molar-refractivity contribution >= 4 is 16.8 Å². The van der Waals surface area contributed by atoms with E-state index in [0.717, 1.165) is 11.2 Å². The summed E-state index contributed by atoms with van der Waals surface area (Å²) in [4.78, 5) is 25.5. The Morgan fingerprint density at radius 3 is 2.89 bits per heavy atom. The molecule has 0 unspecified atom stereocenters. The van der Waals surface area contributed by atoms with Gasteiger partial charge in [0.25, 0.3) is 0 Å². The van der Waals surface area contributed by atoms with Crippen molar-refractivity contribution < 1.29 is 4.79 Å². The van der Waals surface area contributed by atoms with E-state index in [0.29, 0.717) is 10.9 Å². The zero-order chi connectivity index (χ0) is 13.1. The lowest BCUT2D eigenvalue weighted by Crippen LogP contribution is -2.08. The number of hydrogen-bond acceptors (Lipinski definition) is 2. The summed E-state index contributed by atoms with van der Waals surface area (Å²) in [5.41, 5.74) is 7.24. The van der Waals surface area contributed by atoms with Crippen molar-refractivity contribution in [2.24, 2.45) is 5.73 Å². The summed E-state index contributed by atoms with van der Waals surface area (Å²) in [7, 11) is 0. The number of fused-ring (bicyclic) bond motifs is 1. The molecule has 1 aromatic carbocycles. The smallest absolute Gasteiger partial charge is 0.229 e. The second-order valence-electron chi connectivity index (χ2n) is 4.02. The molecule has 0 fully saturated rings. The van der Waals surface area contributed by atoms with E-state index in [4.69, 9.17) is 5.73 Å². The molecule has 0 aliphatic rings. The standard InChI is InChI=1S/C14H12N2O2/c1-9-7-13(17)11-8-10(3-2-4-14(15)18)5-6-12(11)16-9/h5-8H,4H2,1H3,(H2,15,18)(H,16,17).